The highest BCUT2D eigenvalue weighted by Crippen LogP contribution is 2.35. The molecule has 0 saturated carbocycles. The molecule has 0 atom stereocenters. The molecular weight excluding hydrogens is 332 g/mol. The molecule has 0 radical (unpaired) electrons. The van der Waals surface area contributed by atoms with Gasteiger partial charge in [-0.1, -0.05) is 6.07 Å². The van der Waals surface area contributed by atoms with Gasteiger partial charge in [-0.2, -0.15) is 0 Å². The summed E-state index contributed by atoms with van der Waals surface area (Å²) in [5.41, 5.74) is 8.42. The van der Waals surface area contributed by atoms with Crippen LogP contribution in [0, 0.1) is 0 Å². The smallest absolute Gasteiger partial charge is 0.144 e. The standard InChI is InChI=1S/C16H19BrN2O2/c1-10(2)21-15-6-4-5-13(16(15)18)19-14-9-11(20-3)7-8-12(14)17/h4-10,19H,18H2,1-3H3. The minimum Gasteiger partial charge on any atom is -0.497 e. The zero-order valence-corrected chi connectivity index (χ0v) is 13.9. The predicted octanol–water partition coefficient (Wildman–Crippen LogP) is 4.57. The number of ether oxygens (including phenoxy) is 2. The minimum atomic E-state index is 0.0751. The number of nitrogen functional groups attached to an aromatic ring is 1. The summed E-state index contributed by atoms with van der Waals surface area (Å²) >= 11 is 3.51. The van der Waals surface area contributed by atoms with Gasteiger partial charge in [-0.3, -0.25) is 0 Å². The van der Waals surface area contributed by atoms with Crippen LogP contribution < -0.4 is 20.5 Å². The molecule has 112 valence electrons. The third kappa shape index (κ3) is 3.82. The molecule has 0 aliphatic carbocycles. The van der Waals surface area contributed by atoms with Gasteiger partial charge in [0.05, 0.1) is 30.3 Å². The topological polar surface area (TPSA) is 56.5 Å². The highest BCUT2D eigenvalue weighted by atomic mass is 79.9. The van der Waals surface area contributed by atoms with Gasteiger partial charge in [-0.25, -0.2) is 0 Å². The lowest BCUT2D eigenvalue weighted by atomic mass is 10.2. The molecule has 2 rings (SSSR count). The monoisotopic (exact) mass is 350 g/mol. The maximum absolute atomic E-state index is 6.17. The van der Waals surface area contributed by atoms with Crippen molar-refractivity contribution < 1.29 is 9.47 Å². The van der Waals surface area contributed by atoms with Crippen LogP contribution in [0.3, 0.4) is 0 Å². The van der Waals surface area contributed by atoms with Crippen LogP contribution in [-0.2, 0) is 0 Å². The van der Waals surface area contributed by atoms with Crippen molar-refractivity contribution in [3.63, 3.8) is 0 Å². The van der Waals surface area contributed by atoms with Crippen molar-refractivity contribution in [1.82, 2.24) is 0 Å². The second-order valence-corrected chi connectivity index (χ2v) is 5.71. The van der Waals surface area contributed by atoms with Crippen molar-refractivity contribution in [1.29, 1.82) is 0 Å². The Hall–Kier alpha value is -1.88. The zero-order chi connectivity index (χ0) is 15.4. The Morgan fingerprint density at radius 3 is 2.57 bits per heavy atom. The molecule has 0 saturated heterocycles. The molecule has 5 heteroatoms. The predicted molar refractivity (Wildman–Crippen MR) is 90.6 cm³/mol. The molecule has 0 aliphatic heterocycles. The van der Waals surface area contributed by atoms with Crippen LogP contribution in [0.15, 0.2) is 40.9 Å². The first-order valence-electron chi connectivity index (χ1n) is 6.67. The molecule has 0 fully saturated rings. The number of hydrogen-bond acceptors (Lipinski definition) is 4. The van der Waals surface area contributed by atoms with Crippen LogP contribution in [0.4, 0.5) is 17.1 Å². The molecule has 0 unspecified atom stereocenters. The van der Waals surface area contributed by atoms with Gasteiger partial charge in [-0.05, 0) is 54.0 Å². The Kier molecular flexibility index (Phi) is 4.96. The molecular formula is C16H19BrN2O2. The molecule has 0 bridgehead atoms. The molecule has 2 aromatic rings. The van der Waals surface area contributed by atoms with E-state index in [1.165, 1.54) is 0 Å². The van der Waals surface area contributed by atoms with Crippen molar-refractivity contribution >= 4 is 33.0 Å². The molecule has 0 heterocycles. The van der Waals surface area contributed by atoms with Crippen molar-refractivity contribution in [2.45, 2.75) is 20.0 Å². The van der Waals surface area contributed by atoms with Crippen LogP contribution in [0.25, 0.3) is 0 Å². The Morgan fingerprint density at radius 2 is 1.90 bits per heavy atom. The maximum atomic E-state index is 6.17. The van der Waals surface area contributed by atoms with E-state index in [1.54, 1.807) is 7.11 Å². The second-order valence-electron chi connectivity index (χ2n) is 4.85. The van der Waals surface area contributed by atoms with Crippen LogP contribution >= 0.6 is 15.9 Å². The van der Waals surface area contributed by atoms with Crippen molar-refractivity contribution in [3.8, 4) is 11.5 Å². The third-order valence-corrected chi connectivity index (χ3v) is 3.56. The number of anilines is 3. The average molecular weight is 351 g/mol. The molecule has 21 heavy (non-hydrogen) atoms. The molecule has 0 amide bonds. The fraction of sp³-hybridized carbons (Fsp3) is 0.250. The van der Waals surface area contributed by atoms with Gasteiger partial charge in [0.2, 0.25) is 0 Å². The Labute approximate surface area is 133 Å². The number of nitrogens with one attached hydrogen (secondary N) is 1. The summed E-state index contributed by atoms with van der Waals surface area (Å²) in [6.07, 6.45) is 0.0751. The Morgan fingerprint density at radius 1 is 1.14 bits per heavy atom. The zero-order valence-electron chi connectivity index (χ0n) is 12.3. The first-order chi connectivity index (χ1) is 10.0. The van der Waals surface area contributed by atoms with E-state index in [9.17, 15) is 0 Å². The molecule has 0 aliphatic rings. The van der Waals surface area contributed by atoms with Crippen molar-refractivity contribution in [2.24, 2.45) is 0 Å². The lowest BCUT2D eigenvalue weighted by molar-refractivity contribution is 0.244. The van der Waals surface area contributed by atoms with Gasteiger partial charge in [0, 0.05) is 10.5 Å². The highest BCUT2D eigenvalue weighted by Gasteiger charge is 2.09. The summed E-state index contributed by atoms with van der Waals surface area (Å²) in [6.45, 7) is 3.94. The van der Waals surface area contributed by atoms with Crippen LogP contribution in [-0.4, -0.2) is 13.2 Å². The number of para-hydroxylation sites is 1. The molecule has 4 nitrogen and oxygen atoms in total. The van der Waals surface area contributed by atoms with Crippen molar-refractivity contribution in [3.05, 3.63) is 40.9 Å². The summed E-state index contributed by atoms with van der Waals surface area (Å²) in [5.74, 6) is 1.45. The Bertz CT molecular complexity index is 630. The van der Waals surface area contributed by atoms with E-state index in [2.05, 4.69) is 21.2 Å². The summed E-state index contributed by atoms with van der Waals surface area (Å²) < 4.78 is 11.9. The average Bonchev–Trinajstić information content (AvgIpc) is 2.45. The quantitative estimate of drug-likeness (QED) is 0.775. The third-order valence-electron chi connectivity index (χ3n) is 2.87. The number of hydrogen-bond donors (Lipinski definition) is 2. The van der Waals surface area contributed by atoms with E-state index >= 15 is 0 Å². The van der Waals surface area contributed by atoms with Crippen LogP contribution in [0.1, 0.15) is 13.8 Å². The van der Waals surface area contributed by atoms with Gasteiger partial charge in [0.1, 0.15) is 11.5 Å². The van der Waals surface area contributed by atoms with Gasteiger partial charge < -0.3 is 20.5 Å². The van der Waals surface area contributed by atoms with Crippen LogP contribution in [0.5, 0.6) is 11.5 Å². The summed E-state index contributed by atoms with van der Waals surface area (Å²) in [4.78, 5) is 0. The van der Waals surface area contributed by atoms with E-state index in [0.717, 1.165) is 21.6 Å². The second kappa shape index (κ2) is 6.72. The number of methoxy groups -OCH3 is 1. The van der Waals surface area contributed by atoms with Crippen molar-refractivity contribution in [2.75, 3.05) is 18.2 Å². The van der Waals surface area contributed by atoms with Gasteiger partial charge in [0.15, 0.2) is 0 Å². The first-order valence-corrected chi connectivity index (χ1v) is 7.46. The van der Waals surface area contributed by atoms with Gasteiger partial charge in [0.25, 0.3) is 0 Å². The summed E-state index contributed by atoms with van der Waals surface area (Å²) in [7, 11) is 1.64. The lowest BCUT2D eigenvalue weighted by Gasteiger charge is -2.16. The van der Waals surface area contributed by atoms with Gasteiger partial charge in [-0.15, -0.1) is 0 Å². The van der Waals surface area contributed by atoms with Crippen LogP contribution in [0.2, 0.25) is 0 Å². The SMILES string of the molecule is COc1ccc(Br)c(Nc2cccc(OC(C)C)c2N)c1. The number of rotatable bonds is 5. The fourth-order valence-corrected chi connectivity index (χ4v) is 2.23. The van der Waals surface area contributed by atoms with Gasteiger partial charge >= 0.3 is 0 Å². The van der Waals surface area contributed by atoms with E-state index in [1.807, 2.05) is 50.2 Å². The largest absolute Gasteiger partial charge is 0.497 e. The minimum absolute atomic E-state index is 0.0751. The van der Waals surface area contributed by atoms with E-state index in [-0.39, 0.29) is 6.10 Å². The molecule has 3 N–H and O–H groups in total. The fourth-order valence-electron chi connectivity index (χ4n) is 1.88. The maximum Gasteiger partial charge on any atom is 0.144 e. The van der Waals surface area contributed by atoms with E-state index < -0.39 is 0 Å². The molecule has 2 aromatic carbocycles. The summed E-state index contributed by atoms with van der Waals surface area (Å²) in [6, 6.07) is 11.4. The lowest BCUT2D eigenvalue weighted by Crippen LogP contribution is -2.08. The number of halogens is 1. The number of nitrogens with two attached hydrogens (primary N) is 1. The molecule has 0 spiro atoms. The Balaban J connectivity index is 2.31. The normalized spacial score (nSPS) is 10.5. The molecule has 0 aromatic heterocycles. The number of benzene rings is 2. The summed E-state index contributed by atoms with van der Waals surface area (Å²) in [5, 5.41) is 3.30. The van der Waals surface area contributed by atoms with E-state index in [0.29, 0.717) is 11.4 Å². The highest BCUT2D eigenvalue weighted by molar-refractivity contribution is 9.10. The first kappa shape index (κ1) is 15.5. The van der Waals surface area contributed by atoms with E-state index in [4.69, 9.17) is 15.2 Å².